The first-order valence-electron chi connectivity index (χ1n) is 4.14. The second kappa shape index (κ2) is 5.59. The number of halogens is 7. The van der Waals surface area contributed by atoms with Crippen LogP contribution in [0.5, 0.6) is 0 Å². The van der Waals surface area contributed by atoms with Crippen LogP contribution < -0.4 is 5.73 Å². The number of rotatable bonds is 2. The molecule has 98 valence electrons. The zero-order valence-corrected chi connectivity index (χ0v) is 8.96. The number of hydrogen-bond acceptors (Lipinski definition) is 1. The molecule has 0 fully saturated rings. The highest BCUT2D eigenvalue weighted by atomic mass is 35.5. The lowest BCUT2D eigenvalue weighted by molar-refractivity contribution is -0.137. The van der Waals surface area contributed by atoms with E-state index in [4.69, 9.17) is 5.73 Å². The Morgan fingerprint density at radius 2 is 1.65 bits per heavy atom. The van der Waals surface area contributed by atoms with E-state index in [1.807, 2.05) is 0 Å². The molecule has 0 unspecified atom stereocenters. The first-order valence-corrected chi connectivity index (χ1v) is 4.14. The van der Waals surface area contributed by atoms with Gasteiger partial charge in [0.2, 0.25) is 0 Å². The zero-order valence-electron chi connectivity index (χ0n) is 8.14. The van der Waals surface area contributed by atoms with E-state index in [0.717, 1.165) is 0 Å². The molecule has 1 aromatic rings. The predicted molar refractivity (Wildman–Crippen MR) is 51.6 cm³/mol. The van der Waals surface area contributed by atoms with Gasteiger partial charge in [0.15, 0.2) is 0 Å². The maximum atomic E-state index is 13.0. The van der Waals surface area contributed by atoms with Gasteiger partial charge >= 0.3 is 6.18 Å². The molecule has 2 N–H and O–H groups in total. The van der Waals surface area contributed by atoms with Crippen LogP contribution in [0.15, 0.2) is 18.2 Å². The van der Waals surface area contributed by atoms with Gasteiger partial charge < -0.3 is 5.73 Å². The summed E-state index contributed by atoms with van der Waals surface area (Å²) in [7, 11) is 0. The summed E-state index contributed by atoms with van der Waals surface area (Å²) >= 11 is 0. The summed E-state index contributed by atoms with van der Waals surface area (Å²) in [6.07, 6.45) is -7.84. The van der Waals surface area contributed by atoms with Gasteiger partial charge in [0.25, 0.3) is 6.43 Å². The molecular formula is C9H8ClF6N. The van der Waals surface area contributed by atoms with Gasteiger partial charge in [-0.05, 0) is 18.2 Å². The molecular weight excluding hydrogens is 272 g/mol. The molecule has 1 rings (SSSR count). The van der Waals surface area contributed by atoms with Crippen LogP contribution in [0, 0.1) is 5.82 Å². The lowest BCUT2D eigenvalue weighted by Gasteiger charge is -2.14. The number of hydrogen-bond donors (Lipinski definition) is 1. The molecule has 0 aliphatic heterocycles. The summed E-state index contributed by atoms with van der Waals surface area (Å²) in [5.74, 6) is -1.18. The predicted octanol–water partition coefficient (Wildman–Crippen LogP) is 3.53. The normalized spacial score (nSPS) is 13.4. The van der Waals surface area contributed by atoms with Crippen LogP contribution in [0.25, 0.3) is 0 Å². The molecule has 0 aromatic heterocycles. The molecule has 1 atom stereocenters. The SMILES string of the molecule is Cl.N[C@@H](c1cc(C(F)(F)F)ccc1F)C(F)F. The maximum Gasteiger partial charge on any atom is 0.416 e. The first-order chi connectivity index (χ1) is 7.23. The highest BCUT2D eigenvalue weighted by molar-refractivity contribution is 5.85. The van der Waals surface area contributed by atoms with Crippen LogP contribution in [0.3, 0.4) is 0 Å². The highest BCUT2D eigenvalue weighted by Gasteiger charge is 2.32. The Bertz CT molecular complexity index is 378. The van der Waals surface area contributed by atoms with E-state index in [2.05, 4.69) is 0 Å². The van der Waals surface area contributed by atoms with E-state index in [0.29, 0.717) is 18.2 Å². The van der Waals surface area contributed by atoms with Crippen molar-refractivity contribution in [3.63, 3.8) is 0 Å². The van der Waals surface area contributed by atoms with E-state index in [-0.39, 0.29) is 12.4 Å². The molecule has 8 heteroatoms. The molecule has 0 saturated carbocycles. The summed E-state index contributed by atoms with van der Waals surface area (Å²) in [6, 6.07) is -0.828. The Morgan fingerprint density at radius 3 is 2.06 bits per heavy atom. The van der Waals surface area contributed by atoms with Gasteiger partial charge in [-0.2, -0.15) is 13.2 Å². The second-order valence-corrected chi connectivity index (χ2v) is 3.09. The molecule has 0 bridgehead atoms. The van der Waals surface area contributed by atoms with Crippen molar-refractivity contribution >= 4 is 12.4 Å². The molecule has 1 nitrogen and oxygen atoms in total. The molecule has 0 aliphatic carbocycles. The van der Waals surface area contributed by atoms with Gasteiger partial charge in [-0.1, -0.05) is 0 Å². The van der Waals surface area contributed by atoms with Crippen molar-refractivity contribution in [3.05, 3.63) is 35.1 Å². The van der Waals surface area contributed by atoms with Crippen molar-refractivity contribution in [2.45, 2.75) is 18.6 Å². The summed E-state index contributed by atoms with van der Waals surface area (Å²) in [6.45, 7) is 0. The minimum atomic E-state index is -4.72. The largest absolute Gasteiger partial charge is 0.416 e. The van der Waals surface area contributed by atoms with Gasteiger partial charge in [-0.15, -0.1) is 12.4 Å². The van der Waals surface area contributed by atoms with E-state index >= 15 is 0 Å². The minimum Gasteiger partial charge on any atom is -0.319 e. The molecule has 0 radical (unpaired) electrons. The van der Waals surface area contributed by atoms with E-state index in [9.17, 15) is 26.3 Å². The summed E-state index contributed by atoms with van der Waals surface area (Å²) in [4.78, 5) is 0. The number of benzene rings is 1. The lowest BCUT2D eigenvalue weighted by atomic mass is 10.0. The van der Waals surface area contributed by atoms with Crippen molar-refractivity contribution in [1.29, 1.82) is 0 Å². The van der Waals surface area contributed by atoms with Crippen LogP contribution in [0.2, 0.25) is 0 Å². The van der Waals surface area contributed by atoms with Crippen molar-refractivity contribution in [2.24, 2.45) is 5.73 Å². The van der Waals surface area contributed by atoms with Gasteiger partial charge in [0.1, 0.15) is 5.82 Å². The van der Waals surface area contributed by atoms with Crippen molar-refractivity contribution in [1.82, 2.24) is 0 Å². The topological polar surface area (TPSA) is 26.0 Å². The minimum absolute atomic E-state index is 0. The van der Waals surface area contributed by atoms with Gasteiger partial charge in [0, 0.05) is 5.56 Å². The smallest absolute Gasteiger partial charge is 0.319 e. The third-order valence-electron chi connectivity index (χ3n) is 1.95. The molecule has 0 amide bonds. The van der Waals surface area contributed by atoms with Crippen LogP contribution in [0.1, 0.15) is 17.2 Å². The van der Waals surface area contributed by atoms with Crippen LogP contribution in [0.4, 0.5) is 26.3 Å². The van der Waals surface area contributed by atoms with Crippen LogP contribution >= 0.6 is 12.4 Å². The molecule has 0 saturated heterocycles. The van der Waals surface area contributed by atoms with E-state index < -0.39 is 35.6 Å². The number of nitrogens with two attached hydrogens (primary N) is 1. The molecule has 17 heavy (non-hydrogen) atoms. The maximum absolute atomic E-state index is 13.0. The summed E-state index contributed by atoms with van der Waals surface area (Å²) in [5, 5.41) is 0. The fourth-order valence-electron chi connectivity index (χ4n) is 1.11. The Balaban J connectivity index is 0.00000256. The third kappa shape index (κ3) is 3.78. The van der Waals surface area contributed by atoms with Crippen LogP contribution in [-0.2, 0) is 6.18 Å². The zero-order chi connectivity index (χ0) is 12.5. The van der Waals surface area contributed by atoms with Crippen molar-refractivity contribution in [2.75, 3.05) is 0 Å². The summed E-state index contributed by atoms with van der Waals surface area (Å²) in [5.41, 5.74) is 2.84. The van der Waals surface area contributed by atoms with E-state index in [1.165, 1.54) is 0 Å². The van der Waals surface area contributed by atoms with Gasteiger partial charge in [-0.3, -0.25) is 0 Å². The fraction of sp³-hybridized carbons (Fsp3) is 0.333. The Hall–Kier alpha value is -0.950. The van der Waals surface area contributed by atoms with Gasteiger partial charge in [0.05, 0.1) is 11.6 Å². The highest BCUT2D eigenvalue weighted by Crippen LogP contribution is 2.32. The molecule has 0 heterocycles. The second-order valence-electron chi connectivity index (χ2n) is 3.09. The van der Waals surface area contributed by atoms with Crippen LogP contribution in [-0.4, -0.2) is 6.43 Å². The lowest BCUT2D eigenvalue weighted by Crippen LogP contribution is -2.21. The number of alkyl halides is 5. The Kier molecular flexibility index (Phi) is 5.28. The quantitative estimate of drug-likeness (QED) is 0.824. The molecule has 1 aromatic carbocycles. The van der Waals surface area contributed by atoms with Crippen molar-refractivity contribution in [3.8, 4) is 0 Å². The average Bonchev–Trinajstić information content (AvgIpc) is 2.15. The average molecular weight is 280 g/mol. The fourth-order valence-corrected chi connectivity index (χ4v) is 1.11. The van der Waals surface area contributed by atoms with E-state index in [1.54, 1.807) is 0 Å². The summed E-state index contributed by atoms with van der Waals surface area (Å²) < 4.78 is 73.9. The first kappa shape index (κ1) is 16.1. The standard InChI is InChI=1S/C9H7F6N.ClH/c10-6-2-1-4(9(13,14)15)3-5(6)7(16)8(11)12;/h1-3,7-8H,16H2;1H/t7-;/m0./s1. The van der Waals surface area contributed by atoms with Crippen molar-refractivity contribution < 1.29 is 26.3 Å². The Labute approximate surface area is 99.0 Å². The Morgan fingerprint density at radius 1 is 1.12 bits per heavy atom. The molecule has 0 aliphatic rings. The third-order valence-corrected chi connectivity index (χ3v) is 1.95. The van der Waals surface area contributed by atoms with Gasteiger partial charge in [-0.25, -0.2) is 13.2 Å². The monoisotopic (exact) mass is 279 g/mol. The molecule has 0 spiro atoms.